The second-order valence-corrected chi connectivity index (χ2v) is 4.65. The molecule has 2 rings (SSSR count). The Morgan fingerprint density at radius 3 is 2.72 bits per heavy atom. The second kappa shape index (κ2) is 7.03. The van der Waals surface area contributed by atoms with E-state index in [4.69, 9.17) is 14.7 Å². The number of nitrogens with zero attached hydrogens (tertiary/aromatic N) is 1. The second-order valence-electron chi connectivity index (χ2n) is 4.65. The molecule has 1 aromatic carbocycles. The maximum Gasteiger partial charge on any atom is 0.137 e. The quantitative estimate of drug-likeness (QED) is 0.693. The normalized spacial score (nSPS) is 14.8. The molecule has 0 unspecified atom stereocenters. The van der Waals surface area contributed by atoms with Crippen molar-refractivity contribution in [1.29, 1.82) is 5.26 Å². The summed E-state index contributed by atoms with van der Waals surface area (Å²) in [6.07, 6.45) is 5.30. The minimum atomic E-state index is 0.503. The van der Waals surface area contributed by atoms with E-state index in [2.05, 4.69) is 6.07 Å². The number of benzene rings is 1. The summed E-state index contributed by atoms with van der Waals surface area (Å²) in [5.41, 5.74) is 0.576. The molecule has 0 aromatic heterocycles. The van der Waals surface area contributed by atoms with Crippen molar-refractivity contribution in [3.05, 3.63) is 29.8 Å². The van der Waals surface area contributed by atoms with Crippen LogP contribution in [0.15, 0.2) is 24.3 Å². The lowest BCUT2D eigenvalue weighted by atomic mass is 9.83. The van der Waals surface area contributed by atoms with Crippen molar-refractivity contribution in [2.45, 2.75) is 25.7 Å². The molecule has 0 saturated heterocycles. The van der Waals surface area contributed by atoms with Crippen LogP contribution >= 0.6 is 0 Å². The van der Waals surface area contributed by atoms with Crippen molar-refractivity contribution < 1.29 is 9.47 Å². The molecule has 1 saturated carbocycles. The minimum absolute atomic E-state index is 0.503. The number of hydrogen-bond donors (Lipinski definition) is 0. The Kier molecular flexibility index (Phi) is 5.04. The first-order chi connectivity index (χ1) is 8.90. The maximum atomic E-state index is 8.89. The lowest BCUT2D eigenvalue weighted by Crippen LogP contribution is -2.15. The summed E-state index contributed by atoms with van der Waals surface area (Å²) in [5.74, 6) is 1.54. The maximum absolute atomic E-state index is 8.89. The highest BCUT2D eigenvalue weighted by molar-refractivity contribution is 5.42. The van der Waals surface area contributed by atoms with Gasteiger partial charge in [-0.1, -0.05) is 31.4 Å². The highest BCUT2D eigenvalue weighted by atomic mass is 16.5. The molecule has 0 amide bonds. The van der Waals surface area contributed by atoms with Gasteiger partial charge in [0.2, 0.25) is 0 Å². The summed E-state index contributed by atoms with van der Waals surface area (Å²) in [6, 6.07) is 9.38. The Bertz CT molecular complexity index is 407. The summed E-state index contributed by atoms with van der Waals surface area (Å²) in [5, 5.41) is 8.89. The number of nitriles is 1. The van der Waals surface area contributed by atoms with E-state index in [1.165, 1.54) is 25.7 Å². The first kappa shape index (κ1) is 12.9. The van der Waals surface area contributed by atoms with Crippen molar-refractivity contribution in [2.24, 2.45) is 5.92 Å². The van der Waals surface area contributed by atoms with E-state index < -0.39 is 0 Å². The molecule has 0 atom stereocenters. The van der Waals surface area contributed by atoms with E-state index in [0.29, 0.717) is 24.5 Å². The van der Waals surface area contributed by atoms with Crippen LogP contribution in [0.5, 0.6) is 5.75 Å². The molecule has 96 valence electrons. The van der Waals surface area contributed by atoms with E-state index in [-0.39, 0.29) is 0 Å². The average Bonchev–Trinajstić information content (AvgIpc) is 2.36. The van der Waals surface area contributed by atoms with Gasteiger partial charge in [0, 0.05) is 6.61 Å². The van der Waals surface area contributed by atoms with Crippen molar-refractivity contribution in [3.63, 3.8) is 0 Å². The SMILES string of the molecule is N#Cc1ccccc1OCCOCCC1CCC1. The lowest BCUT2D eigenvalue weighted by molar-refractivity contribution is 0.0812. The van der Waals surface area contributed by atoms with Crippen molar-refractivity contribution in [1.82, 2.24) is 0 Å². The highest BCUT2D eigenvalue weighted by Gasteiger charge is 2.16. The molecule has 1 aliphatic carbocycles. The van der Waals surface area contributed by atoms with E-state index in [1.807, 2.05) is 18.2 Å². The molecule has 0 bridgehead atoms. The molecule has 0 radical (unpaired) electrons. The molecule has 3 heteroatoms. The Morgan fingerprint density at radius 1 is 1.17 bits per heavy atom. The molecular weight excluding hydrogens is 226 g/mol. The van der Waals surface area contributed by atoms with Crippen molar-refractivity contribution in [2.75, 3.05) is 19.8 Å². The molecule has 0 aliphatic heterocycles. The van der Waals surface area contributed by atoms with Gasteiger partial charge in [-0.15, -0.1) is 0 Å². The van der Waals surface area contributed by atoms with Gasteiger partial charge in [-0.05, 0) is 24.5 Å². The number of para-hydroxylation sites is 1. The van der Waals surface area contributed by atoms with Gasteiger partial charge < -0.3 is 9.47 Å². The molecule has 3 nitrogen and oxygen atoms in total. The third-order valence-corrected chi connectivity index (χ3v) is 3.39. The molecule has 0 heterocycles. The molecule has 1 aromatic rings. The first-order valence-electron chi connectivity index (χ1n) is 6.60. The smallest absolute Gasteiger partial charge is 0.137 e. The van der Waals surface area contributed by atoms with Gasteiger partial charge in [-0.2, -0.15) is 5.26 Å². The summed E-state index contributed by atoms with van der Waals surface area (Å²) in [7, 11) is 0. The van der Waals surface area contributed by atoms with Crippen LogP contribution in [0.2, 0.25) is 0 Å². The summed E-state index contributed by atoms with van der Waals surface area (Å²) < 4.78 is 11.1. The summed E-state index contributed by atoms with van der Waals surface area (Å²) in [4.78, 5) is 0. The Hall–Kier alpha value is -1.53. The van der Waals surface area contributed by atoms with Crippen LogP contribution in [-0.4, -0.2) is 19.8 Å². The summed E-state index contributed by atoms with van der Waals surface area (Å²) >= 11 is 0. The molecule has 18 heavy (non-hydrogen) atoms. The van der Waals surface area contributed by atoms with Crippen LogP contribution in [0.25, 0.3) is 0 Å². The van der Waals surface area contributed by atoms with Gasteiger partial charge in [0.15, 0.2) is 0 Å². The molecule has 0 spiro atoms. The Labute approximate surface area is 108 Å². The van der Waals surface area contributed by atoms with E-state index >= 15 is 0 Å². The summed E-state index contributed by atoms with van der Waals surface area (Å²) in [6.45, 7) is 1.92. The number of ether oxygens (including phenoxy) is 2. The highest BCUT2D eigenvalue weighted by Crippen LogP contribution is 2.29. The van der Waals surface area contributed by atoms with E-state index in [0.717, 1.165) is 12.5 Å². The fraction of sp³-hybridized carbons (Fsp3) is 0.533. The Balaban J connectivity index is 1.58. The molecule has 0 N–H and O–H groups in total. The van der Waals surface area contributed by atoms with Crippen LogP contribution in [0.1, 0.15) is 31.2 Å². The third-order valence-electron chi connectivity index (χ3n) is 3.39. The van der Waals surface area contributed by atoms with Crippen molar-refractivity contribution in [3.8, 4) is 11.8 Å². The standard InChI is InChI=1S/C15H19NO2/c16-12-14-6-1-2-7-15(14)18-11-10-17-9-8-13-4-3-5-13/h1-2,6-7,13H,3-5,8-11H2. The number of hydrogen-bond acceptors (Lipinski definition) is 3. The van der Waals surface area contributed by atoms with Crippen LogP contribution in [0.4, 0.5) is 0 Å². The van der Waals surface area contributed by atoms with E-state index in [9.17, 15) is 0 Å². The molecule has 1 aliphatic rings. The van der Waals surface area contributed by atoms with Gasteiger partial charge in [-0.3, -0.25) is 0 Å². The zero-order chi connectivity index (χ0) is 12.6. The van der Waals surface area contributed by atoms with Crippen LogP contribution in [0.3, 0.4) is 0 Å². The lowest BCUT2D eigenvalue weighted by Gasteiger charge is -2.24. The van der Waals surface area contributed by atoms with Crippen molar-refractivity contribution >= 4 is 0 Å². The van der Waals surface area contributed by atoms with Crippen LogP contribution in [0, 0.1) is 17.2 Å². The predicted molar refractivity (Wildman–Crippen MR) is 69.4 cm³/mol. The third kappa shape index (κ3) is 3.75. The van der Waals surface area contributed by atoms with Gasteiger partial charge in [0.25, 0.3) is 0 Å². The largest absolute Gasteiger partial charge is 0.490 e. The molecular formula is C15H19NO2. The van der Waals surface area contributed by atoms with Crippen LogP contribution in [-0.2, 0) is 4.74 Å². The van der Waals surface area contributed by atoms with Gasteiger partial charge in [0.1, 0.15) is 18.4 Å². The fourth-order valence-corrected chi connectivity index (χ4v) is 2.03. The van der Waals surface area contributed by atoms with Gasteiger partial charge in [0.05, 0.1) is 12.2 Å². The zero-order valence-electron chi connectivity index (χ0n) is 10.6. The van der Waals surface area contributed by atoms with E-state index in [1.54, 1.807) is 6.07 Å². The monoisotopic (exact) mass is 245 g/mol. The predicted octanol–water partition coefficient (Wildman–Crippen LogP) is 3.14. The van der Waals surface area contributed by atoms with Crippen LogP contribution < -0.4 is 4.74 Å². The average molecular weight is 245 g/mol. The fourth-order valence-electron chi connectivity index (χ4n) is 2.03. The topological polar surface area (TPSA) is 42.2 Å². The Morgan fingerprint density at radius 2 is 2.00 bits per heavy atom. The van der Waals surface area contributed by atoms with Gasteiger partial charge >= 0.3 is 0 Å². The minimum Gasteiger partial charge on any atom is -0.490 e. The van der Waals surface area contributed by atoms with Gasteiger partial charge in [-0.25, -0.2) is 0 Å². The number of rotatable bonds is 7. The molecule has 1 fully saturated rings. The zero-order valence-corrected chi connectivity index (χ0v) is 10.6. The first-order valence-corrected chi connectivity index (χ1v) is 6.60.